The van der Waals surface area contributed by atoms with E-state index in [2.05, 4.69) is 15.3 Å². The predicted molar refractivity (Wildman–Crippen MR) is 90.5 cm³/mol. The van der Waals surface area contributed by atoms with Crippen molar-refractivity contribution >= 4 is 40.4 Å². The summed E-state index contributed by atoms with van der Waals surface area (Å²) in [6, 6.07) is 7.09. The molecule has 1 aromatic carbocycles. The first-order chi connectivity index (χ1) is 11.0. The van der Waals surface area contributed by atoms with Crippen molar-refractivity contribution in [3.63, 3.8) is 0 Å². The van der Waals surface area contributed by atoms with Crippen molar-refractivity contribution in [2.24, 2.45) is 21.5 Å². The van der Waals surface area contributed by atoms with Crippen LogP contribution in [0.4, 0.5) is 5.69 Å². The molecule has 9 heteroatoms. The van der Waals surface area contributed by atoms with E-state index in [-0.39, 0.29) is 23.5 Å². The Labute approximate surface area is 137 Å². The van der Waals surface area contributed by atoms with Gasteiger partial charge in [0.05, 0.1) is 12.3 Å². The van der Waals surface area contributed by atoms with Crippen LogP contribution in [0.5, 0.6) is 5.75 Å². The number of anilines is 1. The number of amides is 2. The highest BCUT2D eigenvalue weighted by molar-refractivity contribution is 8.15. The topological polar surface area (TPSA) is 132 Å². The molecule has 23 heavy (non-hydrogen) atoms. The molecule has 0 saturated carbocycles. The number of nitrogens with one attached hydrogen (secondary N) is 1. The third-order valence-electron chi connectivity index (χ3n) is 2.79. The fraction of sp³-hybridized carbons (Fsp3) is 0.286. The van der Waals surface area contributed by atoms with Crippen molar-refractivity contribution in [1.29, 1.82) is 0 Å². The molecule has 0 saturated heterocycles. The summed E-state index contributed by atoms with van der Waals surface area (Å²) in [7, 11) is 0. The number of hydrogen-bond acceptors (Lipinski definition) is 5. The summed E-state index contributed by atoms with van der Waals surface area (Å²) in [4.78, 5) is 31.3. The van der Waals surface area contributed by atoms with Crippen LogP contribution in [0.15, 0.2) is 34.3 Å². The second-order valence-corrected chi connectivity index (χ2v) is 5.73. The molecule has 1 aromatic rings. The van der Waals surface area contributed by atoms with Gasteiger partial charge in [0.15, 0.2) is 11.1 Å². The van der Waals surface area contributed by atoms with Crippen LogP contribution in [0.1, 0.15) is 13.3 Å². The lowest BCUT2D eigenvalue weighted by atomic mass is 10.2. The molecule has 2 amide bonds. The number of benzene rings is 1. The number of aliphatic imine (C=N–C) groups is 2. The van der Waals surface area contributed by atoms with E-state index in [1.165, 1.54) is 0 Å². The zero-order valence-corrected chi connectivity index (χ0v) is 13.3. The maximum Gasteiger partial charge on any atom is 0.262 e. The zero-order chi connectivity index (χ0) is 16.8. The second kappa shape index (κ2) is 7.63. The van der Waals surface area contributed by atoms with Crippen molar-refractivity contribution in [3.05, 3.63) is 24.3 Å². The first kappa shape index (κ1) is 16.8. The van der Waals surface area contributed by atoms with Gasteiger partial charge in [-0.05, 0) is 19.1 Å². The van der Waals surface area contributed by atoms with E-state index in [9.17, 15) is 9.59 Å². The van der Waals surface area contributed by atoms with Gasteiger partial charge < -0.3 is 21.5 Å². The zero-order valence-electron chi connectivity index (χ0n) is 12.5. The summed E-state index contributed by atoms with van der Waals surface area (Å²) < 4.78 is 5.43. The first-order valence-electron chi connectivity index (χ1n) is 6.90. The average Bonchev–Trinajstić information content (AvgIpc) is 2.80. The van der Waals surface area contributed by atoms with E-state index in [1.807, 2.05) is 13.0 Å². The Morgan fingerprint density at radius 1 is 1.43 bits per heavy atom. The maximum atomic E-state index is 12.1. The van der Waals surface area contributed by atoms with Crippen molar-refractivity contribution in [2.75, 3.05) is 11.9 Å². The number of para-hydroxylation sites is 2. The van der Waals surface area contributed by atoms with Crippen LogP contribution in [-0.2, 0) is 9.59 Å². The van der Waals surface area contributed by atoms with Gasteiger partial charge >= 0.3 is 0 Å². The lowest BCUT2D eigenvalue weighted by Gasteiger charge is -2.12. The third-order valence-corrected chi connectivity index (χ3v) is 3.83. The largest absolute Gasteiger partial charge is 0.492 e. The number of guanidine groups is 1. The van der Waals surface area contributed by atoms with Crippen LogP contribution < -0.4 is 21.5 Å². The highest BCUT2D eigenvalue weighted by atomic mass is 32.2. The Hall–Kier alpha value is -2.55. The molecule has 5 N–H and O–H groups in total. The smallest absolute Gasteiger partial charge is 0.262 e. The Kier molecular flexibility index (Phi) is 5.58. The molecule has 122 valence electrons. The van der Waals surface area contributed by atoms with E-state index in [1.54, 1.807) is 18.2 Å². The molecule has 0 spiro atoms. The quantitative estimate of drug-likeness (QED) is 0.535. The van der Waals surface area contributed by atoms with Crippen LogP contribution in [-0.4, -0.2) is 34.8 Å². The molecule has 0 fully saturated rings. The minimum absolute atomic E-state index is 0.0308. The number of hydrogen-bond donors (Lipinski definition) is 3. The van der Waals surface area contributed by atoms with Gasteiger partial charge in [-0.25, -0.2) is 0 Å². The van der Waals surface area contributed by atoms with E-state index < -0.39 is 11.2 Å². The predicted octanol–water partition coefficient (Wildman–Crippen LogP) is 0.685. The molecule has 1 atom stereocenters. The standard InChI is InChI=1S/C14H17N5O3S/c1-2-22-9-6-4-3-5-8(9)17-11(20)7-10-12(21)18-14(23-10)19-13(15)16/h3-6,10H,2,7H2,1H3,(H,17,20)(H4,15,16,18,19,21)/t10-/m0/s1. The molecule has 0 unspecified atom stereocenters. The average molecular weight is 335 g/mol. The lowest BCUT2D eigenvalue weighted by Crippen LogP contribution is -2.23. The van der Waals surface area contributed by atoms with Crippen LogP contribution in [0.25, 0.3) is 0 Å². The summed E-state index contributed by atoms with van der Waals surface area (Å²) >= 11 is 1.06. The van der Waals surface area contributed by atoms with Crippen LogP contribution in [0.3, 0.4) is 0 Å². The Bertz CT molecular complexity index is 670. The van der Waals surface area contributed by atoms with E-state index in [4.69, 9.17) is 16.2 Å². The van der Waals surface area contributed by atoms with Gasteiger partial charge in [-0.3, -0.25) is 9.59 Å². The van der Waals surface area contributed by atoms with E-state index in [0.29, 0.717) is 18.0 Å². The molecule has 2 rings (SSSR count). The first-order valence-corrected chi connectivity index (χ1v) is 7.78. The number of carbonyl (C=O) groups excluding carboxylic acids is 2. The fourth-order valence-corrected chi connectivity index (χ4v) is 2.83. The molecule has 0 bridgehead atoms. The summed E-state index contributed by atoms with van der Waals surface area (Å²) in [5.74, 6) is -0.349. The molecule has 0 radical (unpaired) electrons. The van der Waals surface area contributed by atoms with Crippen molar-refractivity contribution < 1.29 is 14.3 Å². The van der Waals surface area contributed by atoms with Crippen LogP contribution >= 0.6 is 11.8 Å². The molecule has 0 aliphatic carbocycles. The lowest BCUT2D eigenvalue weighted by molar-refractivity contribution is -0.121. The Balaban J connectivity index is 1.96. The molecule has 1 aliphatic rings. The molecule has 1 aliphatic heterocycles. The normalized spacial score (nSPS) is 16.7. The van der Waals surface area contributed by atoms with Crippen LogP contribution in [0, 0.1) is 0 Å². The molecular weight excluding hydrogens is 318 g/mol. The van der Waals surface area contributed by atoms with Crippen molar-refractivity contribution in [1.82, 2.24) is 0 Å². The number of thioether (sulfide) groups is 1. The Morgan fingerprint density at radius 3 is 2.87 bits per heavy atom. The van der Waals surface area contributed by atoms with Crippen molar-refractivity contribution in [2.45, 2.75) is 18.6 Å². The van der Waals surface area contributed by atoms with Gasteiger partial charge in [0, 0.05) is 6.42 Å². The fourth-order valence-electron chi connectivity index (χ4n) is 1.88. The van der Waals surface area contributed by atoms with Crippen molar-refractivity contribution in [3.8, 4) is 5.75 Å². The minimum Gasteiger partial charge on any atom is -0.492 e. The van der Waals surface area contributed by atoms with Crippen LogP contribution in [0.2, 0.25) is 0 Å². The number of nitrogens with two attached hydrogens (primary N) is 2. The summed E-state index contributed by atoms with van der Waals surface area (Å²) in [5.41, 5.74) is 11.0. The summed E-state index contributed by atoms with van der Waals surface area (Å²) in [6.07, 6.45) is -0.0308. The number of amidine groups is 1. The second-order valence-electron chi connectivity index (χ2n) is 4.56. The Morgan fingerprint density at radius 2 is 2.17 bits per heavy atom. The highest BCUT2D eigenvalue weighted by Gasteiger charge is 2.30. The number of ether oxygens (including phenoxy) is 1. The molecule has 1 heterocycles. The van der Waals surface area contributed by atoms with Gasteiger partial charge in [-0.2, -0.15) is 9.98 Å². The van der Waals surface area contributed by atoms with Gasteiger partial charge in [0.1, 0.15) is 11.0 Å². The molecule has 0 aromatic heterocycles. The monoisotopic (exact) mass is 335 g/mol. The summed E-state index contributed by atoms with van der Waals surface area (Å²) in [5, 5.41) is 2.27. The van der Waals surface area contributed by atoms with E-state index >= 15 is 0 Å². The number of nitrogens with zero attached hydrogens (tertiary/aromatic N) is 2. The van der Waals surface area contributed by atoms with E-state index in [0.717, 1.165) is 11.8 Å². The van der Waals surface area contributed by atoms with Gasteiger partial charge in [0.2, 0.25) is 5.91 Å². The highest BCUT2D eigenvalue weighted by Crippen LogP contribution is 2.28. The summed E-state index contributed by atoms with van der Waals surface area (Å²) in [6.45, 7) is 2.34. The van der Waals surface area contributed by atoms with Gasteiger partial charge in [0.25, 0.3) is 5.91 Å². The molecule has 8 nitrogen and oxygen atoms in total. The number of rotatable bonds is 5. The minimum atomic E-state index is -0.632. The van der Waals surface area contributed by atoms with Gasteiger partial charge in [-0.15, -0.1) is 0 Å². The van der Waals surface area contributed by atoms with Gasteiger partial charge in [-0.1, -0.05) is 23.9 Å². The molecular formula is C14H17N5O3S. The SMILES string of the molecule is CCOc1ccccc1NC(=O)C[C@@H]1SC(N=C(N)N)=NC1=O. The number of carbonyl (C=O) groups is 2. The maximum absolute atomic E-state index is 12.1. The third kappa shape index (κ3) is 4.71.